The Morgan fingerprint density at radius 2 is 1.86 bits per heavy atom. The highest BCUT2D eigenvalue weighted by Crippen LogP contribution is 2.21. The Morgan fingerprint density at radius 1 is 1.23 bits per heavy atom. The molecule has 2 heterocycles. The molecule has 2 fully saturated rings. The number of likely N-dealkylation sites (N-methyl/N-ethyl adjacent to an activating group) is 1. The average molecular weight is 355 g/mol. The first-order chi connectivity index (χ1) is 9.93. The molecule has 2 saturated heterocycles. The molecule has 0 aromatic carbocycles. The second-order valence-corrected chi connectivity index (χ2v) is 7.84. The van der Waals surface area contributed by atoms with Crippen LogP contribution in [-0.2, 0) is 15.0 Å². The van der Waals surface area contributed by atoms with E-state index in [0.29, 0.717) is 19.6 Å². The number of piperidine rings is 1. The number of piperazine rings is 1. The molecule has 0 saturated carbocycles. The van der Waals surface area contributed by atoms with Crippen LogP contribution in [0.4, 0.5) is 0 Å². The Bertz CT molecular complexity index is 468. The number of halogens is 1. The van der Waals surface area contributed by atoms with Crippen LogP contribution in [-0.4, -0.2) is 80.2 Å². The molecule has 0 aliphatic carbocycles. The van der Waals surface area contributed by atoms with E-state index >= 15 is 0 Å². The van der Waals surface area contributed by atoms with Gasteiger partial charge < -0.3 is 10.2 Å². The molecule has 0 aromatic heterocycles. The van der Waals surface area contributed by atoms with Crippen molar-refractivity contribution in [3.63, 3.8) is 0 Å². The molecule has 2 aliphatic heterocycles. The molecular weight excluding hydrogens is 328 g/mol. The summed E-state index contributed by atoms with van der Waals surface area (Å²) in [7, 11) is -2.04. The molecule has 1 amide bonds. The van der Waals surface area contributed by atoms with Gasteiger partial charge in [-0.15, -0.1) is 12.4 Å². The number of carbonyl (C=O) groups is 1. The number of rotatable bonds is 4. The molecular formula is C13H27ClN4O3S. The second kappa shape index (κ2) is 8.44. The van der Waals surface area contributed by atoms with Crippen molar-refractivity contribution >= 4 is 28.5 Å². The maximum atomic E-state index is 12.6. The van der Waals surface area contributed by atoms with Crippen LogP contribution in [0.1, 0.15) is 26.2 Å². The van der Waals surface area contributed by atoms with Gasteiger partial charge in [-0.3, -0.25) is 4.79 Å². The molecule has 22 heavy (non-hydrogen) atoms. The normalized spacial score (nSPS) is 24.1. The predicted molar refractivity (Wildman–Crippen MR) is 88.3 cm³/mol. The summed E-state index contributed by atoms with van der Waals surface area (Å²) in [6.45, 7) is 5.24. The molecule has 1 atom stereocenters. The summed E-state index contributed by atoms with van der Waals surface area (Å²) in [5, 5.41) is 3.18. The molecule has 0 aromatic rings. The lowest BCUT2D eigenvalue weighted by molar-refractivity contribution is -0.131. The van der Waals surface area contributed by atoms with Crippen molar-refractivity contribution in [2.75, 3.05) is 46.3 Å². The van der Waals surface area contributed by atoms with Gasteiger partial charge in [-0.1, -0.05) is 6.42 Å². The molecule has 9 heteroatoms. The van der Waals surface area contributed by atoms with E-state index in [-0.39, 0.29) is 30.9 Å². The Balaban J connectivity index is 0.00000242. The highest BCUT2D eigenvalue weighted by atomic mass is 35.5. The Hall–Kier alpha value is -0.410. The lowest BCUT2D eigenvalue weighted by Gasteiger charge is -2.35. The fourth-order valence-corrected chi connectivity index (χ4v) is 4.43. The first kappa shape index (κ1) is 19.6. The summed E-state index contributed by atoms with van der Waals surface area (Å²) in [5.41, 5.74) is 0. The summed E-state index contributed by atoms with van der Waals surface area (Å²) in [6, 6.07) is 0.0143. The molecule has 2 aliphatic rings. The minimum Gasteiger partial charge on any atom is -0.339 e. The van der Waals surface area contributed by atoms with E-state index < -0.39 is 10.2 Å². The highest BCUT2D eigenvalue weighted by Gasteiger charge is 2.34. The summed E-state index contributed by atoms with van der Waals surface area (Å²) >= 11 is 0. The monoisotopic (exact) mass is 354 g/mol. The van der Waals surface area contributed by atoms with Gasteiger partial charge in [0.05, 0.1) is 6.54 Å². The van der Waals surface area contributed by atoms with Crippen LogP contribution in [0.15, 0.2) is 0 Å². The fourth-order valence-electron chi connectivity index (χ4n) is 2.88. The zero-order valence-corrected chi connectivity index (χ0v) is 15.0. The largest absolute Gasteiger partial charge is 0.339 e. The first-order valence-electron chi connectivity index (χ1n) is 7.64. The third kappa shape index (κ3) is 4.55. The van der Waals surface area contributed by atoms with Crippen LogP contribution in [0.3, 0.4) is 0 Å². The number of amides is 1. The molecule has 0 spiro atoms. The van der Waals surface area contributed by atoms with Gasteiger partial charge in [0.1, 0.15) is 0 Å². The molecule has 130 valence electrons. The third-order valence-corrected chi connectivity index (χ3v) is 6.31. The van der Waals surface area contributed by atoms with Gasteiger partial charge in [0.15, 0.2) is 0 Å². The van der Waals surface area contributed by atoms with Gasteiger partial charge in [-0.25, -0.2) is 0 Å². The Morgan fingerprint density at radius 3 is 2.45 bits per heavy atom. The SMILES string of the molecule is CC1CCCCN1S(=O)(=O)N(C)CC(=O)N1CCNCC1.Cl. The zero-order chi connectivity index (χ0) is 15.5. The average Bonchev–Trinajstić information content (AvgIpc) is 2.48. The van der Waals surface area contributed by atoms with Crippen molar-refractivity contribution in [2.45, 2.75) is 32.2 Å². The van der Waals surface area contributed by atoms with E-state index in [2.05, 4.69) is 5.32 Å². The van der Waals surface area contributed by atoms with Crippen molar-refractivity contribution in [1.82, 2.24) is 18.8 Å². The third-order valence-electron chi connectivity index (χ3n) is 4.26. The molecule has 1 N–H and O–H groups in total. The van der Waals surface area contributed by atoms with E-state index in [1.54, 1.807) is 4.90 Å². The fraction of sp³-hybridized carbons (Fsp3) is 0.923. The summed E-state index contributed by atoms with van der Waals surface area (Å²) < 4.78 is 27.9. The number of carbonyl (C=O) groups excluding carboxylic acids is 1. The predicted octanol–water partition coefficient (Wildman–Crippen LogP) is -0.109. The Labute approximate surface area is 139 Å². The van der Waals surface area contributed by atoms with Gasteiger partial charge in [0, 0.05) is 45.8 Å². The van der Waals surface area contributed by atoms with Crippen LogP contribution < -0.4 is 5.32 Å². The summed E-state index contributed by atoms with van der Waals surface area (Å²) in [5.74, 6) is -0.118. The standard InChI is InChI=1S/C13H26N4O3S.ClH/c1-12-5-3-4-8-17(12)21(19,20)15(2)11-13(18)16-9-6-14-7-10-16;/h12,14H,3-11H2,1-2H3;1H. The minimum atomic E-state index is -3.54. The van der Waals surface area contributed by atoms with Crippen LogP contribution in [0.5, 0.6) is 0 Å². The first-order valence-corrected chi connectivity index (χ1v) is 9.04. The number of hydrogen-bond donors (Lipinski definition) is 1. The minimum absolute atomic E-state index is 0. The summed E-state index contributed by atoms with van der Waals surface area (Å²) in [6.07, 6.45) is 2.85. The van der Waals surface area contributed by atoms with Crippen LogP contribution in [0.2, 0.25) is 0 Å². The zero-order valence-electron chi connectivity index (χ0n) is 13.3. The van der Waals surface area contributed by atoms with Crippen molar-refractivity contribution in [3.05, 3.63) is 0 Å². The number of hydrogen-bond acceptors (Lipinski definition) is 4. The second-order valence-electron chi connectivity index (χ2n) is 5.85. The molecule has 7 nitrogen and oxygen atoms in total. The van der Waals surface area contributed by atoms with Crippen molar-refractivity contribution in [2.24, 2.45) is 0 Å². The Kier molecular flexibility index (Phi) is 7.54. The van der Waals surface area contributed by atoms with E-state index in [1.165, 1.54) is 15.7 Å². The van der Waals surface area contributed by atoms with E-state index in [1.807, 2.05) is 6.92 Å². The van der Waals surface area contributed by atoms with Crippen molar-refractivity contribution in [1.29, 1.82) is 0 Å². The van der Waals surface area contributed by atoms with Crippen LogP contribution >= 0.6 is 12.4 Å². The summed E-state index contributed by atoms with van der Waals surface area (Å²) in [4.78, 5) is 13.9. The maximum absolute atomic E-state index is 12.6. The van der Waals surface area contributed by atoms with Crippen molar-refractivity contribution in [3.8, 4) is 0 Å². The number of nitrogens with zero attached hydrogens (tertiary/aromatic N) is 3. The van der Waals surface area contributed by atoms with Gasteiger partial charge in [0.2, 0.25) is 5.91 Å². The molecule has 0 bridgehead atoms. The van der Waals surface area contributed by atoms with E-state index in [4.69, 9.17) is 0 Å². The molecule has 0 radical (unpaired) electrons. The smallest absolute Gasteiger partial charge is 0.282 e. The van der Waals surface area contributed by atoms with Crippen LogP contribution in [0.25, 0.3) is 0 Å². The topological polar surface area (TPSA) is 73.0 Å². The van der Waals surface area contributed by atoms with Crippen LogP contribution in [0, 0.1) is 0 Å². The van der Waals surface area contributed by atoms with Crippen molar-refractivity contribution < 1.29 is 13.2 Å². The maximum Gasteiger partial charge on any atom is 0.282 e. The van der Waals surface area contributed by atoms with Gasteiger partial charge in [-0.05, 0) is 19.8 Å². The van der Waals surface area contributed by atoms with Gasteiger partial charge in [-0.2, -0.15) is 17.0 Å². The molecule has 2 rings (SSSR count). The van der Waals surface area contributed by atoms with E-state index in [0.717, 1.165) is 32.4 Å². The van der Waals surface area contributed by atoms with E-state index in [9.17, 15) is 13.2 Å². The number of nitrogens with one attached hydrogen (secondary N) is 1. The highest BCUT2D eigenvalue weighted by molar-refractivity contribution is 7.86. The lowest BCUT2D eigenvalue weighted by atomic mass is 10.1. The quantitative estimate of drug-likeness (QED) is 0.764. The molecule has 1 unspecified atom stereocenters. The van der Waals surface area contributed by atoms with Gasteiger partial charge in [0.25, 0.3) is 10.2 Å². The van der Waals surface area contributed by atoms with Gasteiger partial charge >= 0.3 is 0 Å². The lowest BCUT2D eigenvalue weighted by Crippen LogP contribution is -2.53.